The number of ether oxygens (including phenoxy) is 1. The first-order valence-electron chi connectivity index (χ1n) is 10.3. The first-order chi connectivity index (χ1) is 11.1. The van der Waals surface area contributed by atoms with Crippen molar-refractivity contribution in [3.8, 4) is 0 Å². The average Bonchev–Trinajstić information content (AvgIpc) is 2.62. The van der Waals surface area contributed by atoms with E-state index in [1.807, 2.05) is 6.92 Å². The molecule has 0 N–H and O–H groups in total. The Hall–Kier alpha value is -0.530. The molecule has 2 heteroatoms. The van der Waals surface area contributed by atoms with E-state index in [4.69, 9.17) is 4.74 Å². The van der Waals surface area contributed by atoms with Crippen molar-refractivity contribution in [3.05, 3.63) is 0 Å². The van der Waals surface area contributed by atoms with Gasteiger partial charge in [-0.05, 0) is 94.3 Å². The van der Waals surface area contributed by atoms with Crippen molar-refractivity contribution in [2.45, 2.75) is 97.3 Å². The Labute approximate surface area is 142 Å². The summed E-state index contributed by atoms with van der Waals surface area (Å²) < 4.78 is 5.23. The highest BCUT2D eigenvalue weighted by molar-refractivity contribution is 5.72. The maximum atomic E-state index is 12.0. The maximum absolute atomic E-state index is 12.0. The normalized spacial score (nSPS) is 40.1. The fourth-order valence-electron chi connectivity index (χ4n) is 6.03. The molecule has 0 aromatic carbocycles. The van der Waals surface area contributed by atoms with Crippen LogP contribution in [0.5, 0.6) is 0 Å². The van der Waals surface area contributed by atoms with Crippen LogP contribution >= 0.6 is 0 Å². The number of hydrogen-bond donors (Lipinski definition) is 0. The molecule has 0 unspecified atom stereocenters. The molecule has 0 atom stereocenters. The fourth-order valence-corrected chi connectivity index (χ4v) is 6.03. The molecule has 0 heterocycles. The molecule has 0 aliphatic heterocycles. The Bertz CT molecular complexity index is 382. The highest BCUT2D eigenvalue weighted by atomic mass is 16.5. The first kappa shape index (κ1) is 17.3. The Kier molecular flexibility index (Phi) is 5.38. The summed E-state index contributed by atoms with van der Waals surface area (Å²) in [6.45, 7) is 4.77. The number of carbonyl (C=O) groups excluding carboxylic acids is 1. The van der Waals surface area contributed by atoms with Crippen molar-refractivity contribution in [3.63, 3.8) is 0 Å². The monoisotopic (exact) mass is 320 g/mol. The smallest absolute Gasteiger partial charge is 0.308 e. The topological polar surface area (TPSA) is 26.3 Å². The maximum Gasteiger partial charge on any atom is 0.308 e. The zero-order valence-electron chi connectivity index (χ0n) is 15.4. The Balaban J connectivity index is 1.53. The minimum Gasteiger partial charge on any atom is -0.466 e. The van der Waals surface area contributed by atoms with E-state index in [9.17, 15) is 4.79 Å². The second-order valence-electron chi connectivity index (χ2n) is 8.77. The average molecular weight is 321 g/mol. The van der Waals surface area contributed by atoms with Gasteiger partial charge in [-0.15, -0.1) is 0 Å². The molecule has 0 radical (unpaired) electrons. The van der Waals surface area contributed by atoms with Crippen molar-refractivity contribution in [1.29, 1.82) is 0 Å². The number of esters is 1. The number of fused-ring (bicyclic) bond motifs is 3. The van der Waals surface area contributed by atoms with E-state index in [0.717, 1.165) is 24.2 Å². The van der Waals surface area contributed by atoms with Gasteiger partial charge in [0.15, 0.2) is 0 Å². The summed E-state index contributed by atoms with van der Waals surface area (Å²) >= 11 is 0. The molecule has 0 amide bonds. The summed E-state index contributed by atoms with van der Waals surface area (Å²) in [5.74, 6) is 1.14. The molecule has 4 saturated carbocycles. The van der Waals surface area contributed by atoms with Crippen molar-refractivity contribution < 1.29 is 9.53 Å². The van der Waals surface area contributed by atoms with Gasteiger partial charge in [0.2, 0.25) is 0 Å². The van der Waals surface area contributed by atoms with Crippen molar-refractivity contribution in [2.75, 3.05) is 6.61 Å². The summed E-state index contributed by atoms with van der Waals surface area (Å²) in [6, 6.07) is 0. The first-order valence-corrected chi connectivity index (χ1v) is 10.3. The summed E-state index contributed by atoms with van der Waals surface area (Å²) in [5.41, 5.74) is 1.37. The summed E-state index contributed by atoms with van der Waals surface area (Å²) in [6.07, 6.45) is 17.9. The van der Waals surface area contributed by atoms with Crippen LogP contribution in [-0.2, 0) is 9.53 Å². The zero-order valence-corrected chi connectivity index (χ0v) is 15.4. The Morgan fingerprint density at radius 3 is 2.09 bits per heavy atom. The molecule has 4 aliphatic carbocycles. The van der Waals surface area contributed by atoms with Crippen molar-refractivity contribution in [1.82, 2.24) is 0 Å². The van der Waals surface area contributed by atoms with Crippen LogP contribution in [-0.4, -0.2) is 12.6 Å². The van der Waals surface area contributed by atoms with Crippen LogP contribution in [0.4, 0.5) is 0 Å². The van der Waals surface area contributed by atoms with E-state index in [2.05, 4.69) is 6.92 Å². The van der Waals surface area contributed by atoms with E-state index in [0.29, 0.717) is 12.0 Å². The molecule has 4 aliphatic rings. The predicted octanol–water partition coefficient (Wildman–Crippen LogP) is 5.89. The Morgan fingerprint density at radius 2 is 1.57 bits per heavy atom. The molecule has 4 fully saturated rings. The van der Waals surface area contributed by atoms with Gasteiger partial charge >= 0.3 is 5.97 Å². The number of rotatable bonds is 6. The van der Waals surface area contributed by atoms with Gasteiger partial charge in [0.05, 0.1) is 12.5 Å². The lowest BCUT2D eigenvalue weighted by molar-refractivity contribution is -0.150. The lowest BCUT2D eigenvalue weighted by atomic mass is 9.47. The van der Waals surface area contributed by atoms with Gasteiger partial charge in [-0.1, -0.05) is 19.8 Å². The second kappa shape index (κ2) is 7.15. The van der Waals surface area contributed by atoms with Crippen LogP contribution in [0.15, 0.2) is 0 Å². The molecule has 2 bridgehead atoms. The van der Waals surface area contributed by atoms with Crippen LogP contribution in [0.1, 0.15) is 97.3 Å². The van der Waals surface area contributed by atoms with Gasteiger partial charge in [0, 0.05) is 0 Å². The minimum absolute atomic E-state index is 0.0642. The molecule has 2 nitrogen and oxygen atoms in total. The van der Waals surface area contributed by atoms with Gasteiger partial charge < -0.3 is 4.74 Å². The summed E-state index contributed by atoms with van der Waals surface area (Å²) in [4.78, 5) is 12.0. The van der Waals surface area contributed by atoms with Gasteiger partial charge in [-0.2, -0.15) is 0 Å². The van der Waals surface area contributed by atoms with Gasteiger partial charge in [-0.3, -0.25) is 4.79 Å². The van der Waals surface area contributed by atoms with E-state index < -0.39 is 0 Å². The van der Waals surface area contributed by atoms with Crippen molar-refractivity contribution in [2.24, 2.45) is 22.7 Å². The summed E-state index contributed by atoms with van der Waals surface area (Å²) in [5, 5.41) is 0. The third-order valence-corrected chi connectivity index (χ3v) is 7.73. The van der Waals surface area contributed by atoms with Crippen LogP contribution in [0.3, 0.4) is 0 Å². The largest absolute Gasteiger partial charge is 0.466 e. The molecule has 132 valence electrons. The lowest BCUT2D eigenvalue weighted by Gasteiger charge is -2.58. The second-order valence-corrected chi connectivity index (χ2v) is 8.77. The van der Waals surface area contributed by atoms with Gasteiger partial charge in [-0.25, -0.2) is 0 Å². The number of hydrogen-bond acceptors (Lipinski definition) is 2. The molecule has 0 aromatic heterocycles. The highest BCUT2D eigenvalue weighted by Gasteiger charge is 2.51. The molecule has 4 rings (SSSR count). The van der Waals surface area contributed by atoms with Crippen LogP contribution in [0, 0.1) is 22.7 Å². The van der Waals surface area contributed by atoms with Crippen molar-refractivity contribution >= 4 is 5.97 Å². The van der Waals surface area contributed by atoms with Gasteiger partial charge in [0.25, 0.3) is 0 Å². The minimum atomic E-state index is 0.0642. The van der Waals surface area contributed by atoms with Gasteiger partial charge in [0.1, 0.15) is 0 Å². The van der Waals surface area contributed by atoms with E-state index in [1.54, 1.807) is 0 Å². The molecule has 0 aromatic rings. The van der Waals surface area contributed by atoms with Crippen LogP contribution in [0.2, 0.25) is 0 Å². The molecule has 23 heavy (non-hydrogen) atoms. The molecular formula is C21H36O2. The third kappa shape index (κ3) is 3.46. The Morgan fingerprint density at radius 1 is 0.957 bits per heavy atom. The quantitative estimate of drug-likeness (QED) is 0.571. The summed E-state index contributed by atoms with van der Waals surface area (Å²) in [7, 11) is 0. The zero-order chi connectivity index (χ0) is 16.3. The third-order valence-electron chi connectivity index (χ3n) is 7.73. The molecular weight excluding hydrogens is 284 g/mol. The molecule has 0 spiro atoms. The number of carbonyl (C=O) groups is 1. The SMILES string of the molecule is CCCCC12CCC([C@H]3CC[C@H](C(=O)OCC)CC3)(CC1)CC2. The van der Waals surface area contributed by atoms with E-state index in [-0.39, 0.29) is 11.9 Å². The van der Waals surface area contributed by atoms with Crippen LogP contribution < -0.4 is 0 Å². The number of unbranched alkanes of at least 4 members (excludes halogenated alkanes) is 1. The standard InChI is InChI=1S/C21H36O2/c1-3-5-10-20-11-14-21(15-12-20,16-13-20)18-8-6-17(7-9-18)19(22)23-4-2/h17-18H,3-16H2,1-2H3/t17-,18-,20?,21?. The van der Waals surface area contributed by atoms with E-state index in [1.165, 1.54) is 70.6 Å². The molecule has 0 saturated heterocycles. The van der Waals surface area contributed by atoms with E-state index >= 15 is 0 Å². The highest BCUT2D eigenvalue weighted by Crippen LogP contribution is 2.63. The lowest BCUT2D eigenvalue weighted by Crippen LogP contribution is -2.46. The predicted molar refractivity (Wildman–Crippen MR) is 94.2 cm³/mol. The fraction of sp³-hybridized carbons (Fsp3) is 0.952. The van der Waals surface area contributed by atoms with Crippen LogP contribution in [0.25, 0.3) is 0 Å².